The molecule has 4 rings (SSSR count). The van der Waals surface area contributed by atoms with Gasteiger partial charge in [0.05, 0.1) is 11.9 Å². The number of aromatic nitrogens is 3. The number of aryl methyl sites for hydroxylation is 2. The van der Waals surface area contributed by atoms with E-state index >= 15 is 0 Å². The zero-order valence-electron chi connectivity index (χ0n) is 19.4. The number of nitrogens with one attached hydrogen (secondary N) is 3. The van der Waals surface area contributed by atoms with Gasteiger partial charge in [0.15, 0.2) is 5.13 Å². The monoisotopic (exact) mass is 508 g/mol. The summed E-state index contributed by atoms with van der Waals surface area (Å²) >= 11 is 1.31. The molecule has 11 heteroatoms. The molecule has 0 fully saturated rings. The Hall–Kier alpha value is -3.83. The summed E-state index contributed by atoms with van der Waals surface area (Å²) in [6.07, 6.45) is 1.10. The highest BCUT2D eigenvalue weighted by atomic mass is 32.2. The van der Waals surface area contributed by atoms with E-state index < -0.39 is 10.0 Å². The number of sulfonamides is 1. The first kappa shape index (κ1) is 24.3. The van der Waals surface area contributed by atoms with Crippen molar-refractivity contribution < 1.29 is 13.2 Å². The second kappa shape index (κ2) is 10.2. The van der Waals surface area contributed by atoms with Crippen LogP contribution in [0.5, 0.6) is 0 Å². The van der Waals surface area contributed by atoms with Gasteiger partial charge in [0.25, 0.3) is 5.91 Å². The first-order valence-electron chi connectivity index (χ1n) is 10.6. The average Bonchev–Trinajstić information content (AvgIpc) is 3.25. The van der Waals surface area contributed by atoms with E-state index in [0.717, 1.165) is 28.8 Å². The van der Waals surface area contributed by atoms with Crippen LogP contribution in [0.15, 0.2) is 60.0 Å². The summed E-state index contributed by atoms with van der Waals surface area (Å²) in [4.78, 5) is 26.0. The molecule has 0 atom stereocenters. The maximum absolute atomic E-state index is 12.8. The topological polar surface area (TPSA) is 126 Å². The van der Waals surface area contributed by atoms with Gasteiger partial charge in [0, 0.05) is 40.1 Å². The molecule has 0 saturated carbocycles. The Morgan fingerprint density at radius 2 is 1.69 bits per heavy atom. The van der Waals surface area contributed by atoms with Crippen molar-refractivity contribution in [2.75, 3.05) is 21.6 Å². The van der Waals surface area contributed by atoms with Crippen LogP contribution in [0.25, 0.3) is 11.3 Å². The van der Waals surface area contributed by atoms with E-state index in [2.05, 4.69) is 30.3 Å². The Labute approximate surface area is 207 Å². The molecule has 3 N–H and O–H groups in total. The lowest BCUT2D eigenvalue weighted by atomic mass is 10.1. The molecule has 0 bridgehead atoms. The Morgan fingerprint density at radius 1 is 0.971 bits per heavy atom. The molecule has 2 heterocycles. The molecular formula is C24H24N6O3S2. The smallest absolute Gasteiger partial charge is 0.257 e. The highest BCUT2D eigenvalue weighted by Crippen LogP contribution is 2.26. The summed E-state index contributed by atoms with van der Waals surface area (Å²) in [5.74, 6) is 0.288. The average molecular weight is 509 g/mol. The van der Waals surface area contributed by atoms with Crippen molar-refractivity contribution in [3.05, 3.63) is 82.5 Å². The number of benzene rings is 2. The molecule has 9 nitrogen and oxygen atoms in total. The van der Waals surface area contributed by atoms with Crippen LogP contribution in [-0.4, -0.2) is 35.5 Å². The van der Waals surface area contributed by atoms with Gasteiger partial charge in [0.1, 0.15) is 0 Å². The van der Waals surface area contributed by atoms with Crippen LogP contribution in [0.2, 0.25) is 0 Å². The highest BCUT2D eigenvalue weighted by molar-refractivity contribution is 7.92. The van der Waals surface area contributed by atoms with Crippen LogP contribution in [-0.2, 0) is 16.6 Å². The Bertz CT molecular complexity index is 1450. The largest absolute Gasteiger partial charge is 0.350 e. The van der Waals surface area contributed by atoms with E-state index in [1.54, 1.807) is 30.3 Å². The maximum Gasteiger partial charge on any atom is 0.257 e. The lowest BCUT2D eigenvalue weighted by molar-refractivity contribution is 0.102. The van der Waals surface area contributed by atoms with Crippen molar-refractivity contribution >= 4 is 44.0 Å². The molecule has 2 aromatic heterocycles. The molecule has 180 valence electrons. The number of amides is 1. The zero-order chi connectivity index (χ0) is 25.0. The van der Waals surface area contributed by atoms with E-state index in [1.807, 2.05) is 43.5 Å². The molecule has 0 aliphatic rings. The van der Waals surface area contributed by atoms with Gasteiger partial charge in [-0.15, -0.1) is 11.3 Å². The summed E-state index contributed by atoms with van der Waals surface area (Å²) in [7, 11) is -3.34. The van der Waals surface area contributed by atoms with E-state index in [9.17, 15) is 13.2 Å². The molecule has 0 aliphatic carbocycles. The predicted molar refractivity (Wildman–Crippen MR) is 139 cm³/mol. The number of carbonyl (C=O) groups is 1. The minimum atomic E-state index is -3.34. The number of thiazole rings is 1. The van der Waals surface area contributed by atoms with Gasteiger partial charge in [-0.2, -0.15) is 0 Å². The van der Waals surface area contributed by atoms with Crippen molar-refractivity contribution in [2.24, 2.45) is 0 Å². The number of carbonyl (C=O) groups excluding carboxylic acids is 1. The van der Waals surface area contributed by atoms with Crippen LogP contribution in [0.1, 0.15) is 27.3 Å². The van der Waals surface area contributed by atoms with Gasteiger partial charge in [-0.05, 0) is 49.7 Å². The van der Waals surface area contributed by atoms with Crippen molar-refractivity contribution in [1.82, 2.24) is 15.0 Å². The highest BCUT2D eigenvalue weighted by Gasteiger charge is 2.11. The minimum Gasteiger partial charge on any atom is -0.350 e. The van der Waals surface area contributed by atoms with E-state index in [4.69, 9.17) is 0 Å². The lowest BCUT2D eigenvalue weighted by Crippen LogP contribution is -2.12. The lowest BCUT2D eigenvalue weighted by Gasteiger charge is -2.08. The molecule has 0 aliphatic heterocycles. The third kappa shape index (κ3) is 6.84. The van der Waals surface area contributed by atoms with Crippen LogP contribution in [0, 0.1) is 13.8 Å². The van der Waals surface area contributed by atoms with E-state index in [0.29, 0.717) is 34.6 Å². The van der Waals surface area contributed by atoms with Crippen molar-refractivity contribution in [1.29, 1.82) is 0 Å². The third-order valence-corrected chi connectivity index (χ3v) is 6.19. The number of hydrogen-bond acceptors (Lipinski definition) is 8. The normalized spacial score (nSPS) is 11.2. The number of hydrogen-bond donors (Lipinski definition) is 3. The summed E-state index contributed by atoms with van der Waals surface area (Å²) in [5.41, 5.74) is 5.17. The second-order valence-electron chi connectivity index (χ2n) is 7.97. The molecule has 2 aromatic carbocycles. The molecule has 1 amide bonds. The Balaban J connectivity index is 1.39. The molecule has 4 aromatic rings. The maximum atomic E-state index is 12.8. The van der Waals surface area contributed by atoms with Gasteiger partial charge >= 0.3 is 0 Å². The fourth-order valence-electron chi connectivity index (χ4n) is 3.36. The van der Waals surface area contributed by atoms with Gasteiger partial charge in [0.2, 0.25) is 16.0 Å². The molecular weight excluding hydrogens is 484 g/mol. The molecule has 0 radical (unpaired) electrons. The molecule has 0 saturated heterocycles. The van der Waals surface area contributed by atoms with Crippen LogP contribution in [0.4, 0.5) is 16.8 Å². The summed E-state index contributed by atoms with van der Waals surface area (Å²) in [6, 6.07) is 16.1. The first-order chi connectivity index (χ1) is 16.6. The molecule has 0 unspecified atom stereocenters. The van der Waals surface area contributed by atoms with Gasteiger partial charge in [-0.1, -0.05) is 24.3 Å². The first-order valence-corrected chi connectivity index (χ1v) is 13.4. The standard InChI is InChI=1S/C24H24N6O3S2/c1-15-11-16(2)27-23(26-15)25-13-17-5-4-6-19(12-17)22(31)29-24-28-21(14-34-24)18-7-9-20(10-8-18)30-35(3,32)33/h4-12,14,30H,13H2,1-3H3,(H,25,26,27)(H,28,29,31). The van der Waals surface area contributed by atoms with Crippen molar-refractivity contribution in [3.63, 3.8) is 0 Å². The van der Waals surface area contributed by atoms with Gasteiger partial charge < -0.3 is 5.32 Å². The predicted octanol–water partition coefficient (Wildman–Crippen LogP) is 4.45. The number of anilines is 3. The Morgan fingerprint density at radius 3 is 2.37 bits per heavy atom. The fraction of sp³-hybridized carbons (Fsp3) is 0.167. The van der Waals surface area contributed by atoms with Gasteiger partial charge in [-0.25, -0.2) is 23.4 Å². The second-order valence-corrected chi connectivity index (χ2v) is 10.6. The zero-order valence-corrected chi connectivity index (χ0v) is 21.0. The fourth-order valence-corrected chi connectivity index (χ4v) is 4.64. The molecule has 35 heavy (non-hydrogen) atoms. The van der Waals surface area contributed by atoms with E-state index in [1.165, 1.54) is 11.3 Å². The quantitative estimate of drug-likeness (QED) is 0.321. The molecule has 0 spiro atoms. The van der Waals surface area contributed by atoms with Crippen LogP contribution >= 0.6 is 11.3 Å². The van der Waals surface area contributed by atoms with Crippen LogP contribution in [0.3, 0.4) is 0 Å². The minimum absolute atomic E-state index is 0.261. The third-order valence-electron chi connectivity index (χ3n) is 4.83. The van der Waals surface area contributed by atoms with Crippen molar-refractivity contribution in [2.45, 2.75) is 20.4 Å². The number of nitrogens with zero attached hydrogens (tertiary/aromatic N) is 3. The summed E-state index contributed by atoms with van der Waals surface area (Å²) < 4.78 is 25.1. The van der Waals surface area contributed by atoms with Gasteiger partial charge in [-0.3, -0.25) is 14.8 Å². The van der Waals surface area contributed by atoms with E-state index in [-0.39, 0.29) is 5.91 Å². The Kier molecular flexibility index (Phi) is 7.08. The van der Waals surface area contributed by atoms with Crippen LogP contribution < -0.4 is 15.4 Å². The summed E-state index contributed by atoms with van der Waals surface area (Å²) in [5, 5.41) is 8.33. The van der Waals surface area contributed by atoms with Crippen molar-refractivity contribution in [3.8, 4) is 11.3 Å². The summed E-state index contributed by atoms with van der Waals surface area (Å²) in [6.45, 7) is 4.32. The SMILES string of the molecule is Cc1cc(C)nc(NCc2cccc(C(=O)Nc3nc(-c4ccc(NS(C)(=O)=O)cc4)cs3)c2)n1. The number of rotatable bonds is 8.